The van der Waals surface area contributed by atoms with Crippen LogP contribution in [0.2, 0.25) is 10.0 Å². The molecule has 1 fully saturated rings. The van der Waals surface area contributed by atoms with Crippen LogP contribution in [-0.2, 0) is 15.3 Å². The van der Waals surface area contributed by atoms with E-state index in [2.05, 4.69) is 15.2 Å². The molecule has 0 radical (unpaired) electrons. The average Bonchev–Trinajstić information content (AvgIpc) is 3.68. The molecule has 4 heterocycles. The van der Waals surface area contributed by atoms with E-state index >= 15 is 0 Å². The lowest BCUT2D eigenvalue weighted by atomic mass is 9.96. The van der Waals surface area contributed by atoms with E-state index in [1.54, 1.807) is 43.3 Å². The van der Waals surface area contributed by atoms with E-state index in [9.17, 15) is 14.7 Å². The van der Waals surface area contributed by atoms with Crippen LogP contribution in [0.25, 0.3) is 11.4 Å². The monoisotopic (exact) mass is 665 g/mol. The van der Waals surface area contributed by atoms with Crippen LogP contribution in [0.4, 0.5) is 5.13 Å². The summed E-state index contributed by atoms with van der Waals surface area (Å²) in [5.41, 5.74) is 3.72. The molecule has 9 nitrogen and oxygen atoms in total. The van der Waals surface area contributed by atoms with Gasteiger partial charge in [0, 0.05) is 22.0 Å². The van der Waals surface area contributed by atoms with Gasteiger partial charge in [0.25, 0.3) is 5.78 Å². The lowest BCUT2D eigenvalue weighted by molar-refractivity contribution is -0.132. The Morgan fingerprint density at radius 1 is 1.09 bits per heavy atom. The zero-order valence-electron chi connectivity index (χ0n) is 23.7. The maximum absolute atomic E-state index is 13.7. The predicted molar refractivity (Wildman–Crippen MR) is 173 cm³/mol. The number of benzene rings is 2. The molecule has 5 aromatic rings. The number of rotatable bonds is 8. The smallest absolute Gasteiger partial charge is 0.301 e. The van der Waals surface area contributed by atoms with E-state index in [-0.39, 0.29) is 22.2 Å². The standard InChI is InChI=1S/C31H25Cl2N5O4S2/c1-4-42-21-9-5-8-18(13-21)25-23(26(39)24-17(3)37-12-6-7-16(2)28(37)34-24)27(40)29(41)38(25)30-35-36-31(44-30)43-15-19-10-11-20(32)14-22(19)33/h5-14,25,39H,4,15H2,1-3H3/b26-23+. The summed E-state index contributed by atoms with van der Waals surface area (Å²) in [7, 11) is 0. The summed E-state index contributed by atoms with van der Waals surface area (Å²) < 4.78 is 8.13. The van der Waals surface area contributed by atoms with Gasteiger partial charge < -0.3 is 14.2 Å². The molecule has 1 aliphatic heterocycles. The molecule has 1 unspecified atom stereocenters. The Labute approximate surface area is 271 Å². The molecular weight excluding hydrogens is 641 g/mol. The SMILES string of the molecule is CCOc1cccc(C2/C(=C(\O)c3nc4c(C)cccn4c3C)C(=O)C(=O)N2c2nnc(SCc3ccc(Cl)cc3Cl)s2)c1. The van der Waals surface area contributed by atoms with E-state index in [0.29, 0.717) is 49.4 Å². The first-order valence-corrected chi connectivity index (χ1v) is 16.1. The third kappa shape index (κ3) is 5.45. The number of nitrogens with zero attached hydrogens (tertiary/aromatic N) is 5. The fourth-order valence-electron chi connectivity index (χ4n) is 5.10. The Balaban J connectivity index is 1.44. The molecule has 0 spiro atoms. The van der Waals surface area contributed by atoms with Crippen LogP contribution in [0, 0.1) is 13.8 Å². The third-order valence-electron chi connectivity index (χ3n) is 7.21. The van der Waals surface area contributed by atoms with Crippen molar-refractivity contribution in [2.75, 3.05) is 11.5 Å². The molecule has 1 saturated heterocycles. The number of anilines is 1. The maximum Gasteiger partial charge on any atom is 0.301 e. The zero-order chi connectivity index (χ0) is 31.1. The maximum atomic E-state index is 13.7. The van der Waals surface area contributed by atoms with Crippen molar-refractivity contribution in [1.29, 1.82) is 0 Å². The number of hydrogen-bond donors (Lipinski definition) is 1. The normalized spacial score (nSPS) is 16.3. The van der Waals surface area contributed by atoms with Gasteiger partial charge in [-0.15, -0.1) is 10.2 Å². The summed E-state index contributed by atoms with van der Waals surface area (Å²) in [6.07, 6.45) is 1.83. The van der Waals surface area contributed by atoms with Gasteiger partial charge in [-0.1, -0.05) is 70.6 Å². The molecule has 0 aliphatic carbocycles. The summed E-state index contributed by atoms with van der Waals surface area (Å²) in [6.45, 7) is 6.01. The van der Waals surface area contributed by atoms with E-state index in [1.165, 1.54) is 16.7 Å². The van der Waals surface area contributed by atoms with E-state index in [0.717, 1.165) is 22.5 Å². The summed E-state index contributed by atoms with van der Waals surface area (Å²) in [5.74, 6) is -0.988. The molecule has 1 amide bonds. The second-order valence-electron chi connectivity index (χ2n) is 9.98. The van der Waals surface area contributed by atoms with Crippen molar-refractivity contribution in [3.8, 4) is 5.75 Å². The van der Waals surface area contributed by atoms with Crippen molar-refractivity contribution in [2.45, 2.75) is 36.9 Å². The van der Waals surface area contributed by atoms with Crippen molar-refractivity contribution in [1.82, 2.24) is 19.6 Å². The Morgan fingerprint density at radius 2 is 1.91 bits per heavy atom. The number of carbonyl (C=O) groups excluding carboxylic acids is 2. The number of aliphatic hydroxyl groups excluding tert-OH is 1. The lowest BCUT2D eigenvalue weighted by Crippen LogP contribution is -2.29. The molecule has 44 heavy (non-hydrogen) atoms. The van der Waals surface area contributed by atoms with Gasteiger partial charge in [0.05, 0.1) is 23.9 Å². The minimum Gasteiger partial charge on any atom is -0.505 e. The molecule has 3 aromatic heterocycles. The minimum absolute atomic E-state index is 0.0924. The van der Waals surface area contributed by atoms with Gasteiger partial charge in [-0.25, -0.2) is 4.98 Å². The topological polar surface area (TPSA) is 110 Å². The van der Waals surface area contributed by atoms with Crippen LogP contribution in [0.3, 0.4) is 0 Å². The first kappa shape index (κ1) is 30.1. The fraction of sp³-hybridized carbons (Fsp3) is 0.194. The number of aliphatic hydroxyl groups is 1. The number of ether oxygens (including phenoxy) is 1. The van der Waals surface area contributed by atoms with Crippen molar-refractivity contribution in [3.63, 3.8) is 0 Å². The molecule has 0 bridgehead atoms. The van der Waals surface area contributed by atoms with Crippen molar-refractivity contribution in [3.05, 3.63) is 104 Å². The largest absolute Gasteiger partial charge is 0.505 e. The van der Waals surface area contributed by atoms with Gasteiger partial charge in [-0.3, -0.25) is 14.5 Å². The minimum atomic E-state index is -1.00. The number of carbonyl (C=O) groups is 2. The number of imidazole rings is 1. The summed E-state index contributed by atoms with van der Waals surface area (Å²) >= 11 is 14.9. The number of amides is 1. The number of fused-ring (bicyclic) bond motifs is 1. The highest BCUT2D eigenvalue weighted by Gasteiger charge is 2.49. The molecular formula is C31H25Cl2N5O4S2. The number of thioether (sulfide) groups is 1. The third-order valence-corrected chi connectivity index (χ3v) is 9.90. The number of Topliss-reactive ketones (excluding diaryl/α,β-unsaturated/α-hetero) is 1. The van der Waals surface area contributed by atoms with Gasteiger partial charge in [0.2, 0.25) is 5.13 Å². The summed E-state index contributed by atoms with van der Waals surface area (Å²) in [5, 5.41) is 21.6. The molecule has 6 rings (SSSR count). The van der Waals surface area contributed by atoms with Crippen molar-refractivity contribution < 1.29 is 19.4 Å². The number of halogens is 2. The zero-order valence-corrected chi connectivity index (χ0v) is 26.9. The second kappa shape index (κ2) is 12.2. The number of aryl methyl sites for hydroxylation is 2. The summed E-state index contributed by atoms with van der Waals surface area (Å²) in [4.78, 5) is 33.4. The van der Waals surface area contributed by atoms with E-state index in [4.69, 9.17) is 27.9 Å². The number of aromatic nitrogens is 4. The van der Waals surface area contributed by atoms with Crippen molar-refractivity contribution in [2.24, 2.45) is 0 Å². The first-order chi connectivity index (χ1) is 21.2. The Hall–Kier alpha value is -3.90. The average molecular weight is 667 g/mol. The summed E-state index contributed by atoms with van der Waals surface area (Å²) in [6, 6.07) is 15.2. The highest BCUT2D eigenvalue weighted by Crippen LogP contribution is 2.45. The number of hydrogen-bond acceptors (Lipinski definition) is 9. The van der Waals surface area contributed by atoms with Crippen LogP contribution in [0.1, 0.15) is 41.0 Å². The van der Waals surface area contributed by atoms with Crippen LogP contribution in [0.5, 0.6) is 5.75 Å². The lowest BCUT2D eigenvalue weighted by Gasteiger charge is -2.22. The van der Waals surface area contributed by atoms with Crippen LogP contribution < -0.4 is 9.64 Å². The molecule has 224 valence electrons. The highest BCUT2D eigenvalue weighted by molar-refractivity contribution is 8.00. The van der Waals surface area contributed by atoms with Gasteiger partial charge in [0.1, 0.15) is 17.1 Å². The van der Waals surface area contributed by atoms with E-state index in [1.807, 2.05) is 42.6 Å². The molecule has 1 atom stereocenters. The highest BCUT2D eigenvalue weighted by atomic mass is 35.5. The van der Waals surface area contributed by atoms with Crippen LogP contribution in [0.15, 0.2) is 70.7 Å². The Kier molecular flexibility index (Phi) is 8.38. The van der Waals surface area contributed by atoms with Gasteiger partial charge in [-0.05, 0) is 67.8 Å². The van der Waals surface area contributed by atoms with Gasteiger partial charge >= 0.3 is 5.91 Å². The quantitative estimate of drug-likeness (QED) is 0.0599. The predicted octanol–water partition coefficient (Wildman–Crippen LogP) is 7.43. The fourth-order valence-corrected chi connectivity index (χ4v) is 7.52. The van der Waals surface area contributed by atoms with Gasteiger partial charge in [0.15, 0.2) is 10.1 Å². The molecule has 13 heteroatoms. The number of ketones is 1. The Bertz CT molecular complexity index is 1970. The molecule has 1 N–H and O–H groups in total. The molecule has 1 aliphatic rings. The molecule has 0 saturated carbocycles. The van der Waals surface area contributed by atoms with Gasteiger partial charge in [-0.2, -0.15) is 0 Å². The second-order valence-corrected chi connectivity index (χ2v) is 13.0. The Morgan fingerprint density at radius 3 is 2.66 bits per heavy atom. The van der Waals surface area contributed by atoms with Crippen LogP contribution in [-0.4, -0.2) is 43.0 Å². The number of pyridine rings is 1. The molecule has 2 aromatic carbocycles. The van der Waals surface area contributed by atoms with Crippen molar-refractivity contribution >= 4 is 74.5 Å². The van der Waals surface area contributed by atoms with E-state index < -0.39 is 17.7 Å². The first-order valence-electron chi connectivity index (χ1n) is 13.6. The van der Waals surface area contributed by atoms with Crippen LogP contribution >= 0.6 is 46.3 Å².